The second-order valence-corrected chi connectivity index (χ2v) is 7.36. The van der Waals surface area contributed by atoms with Crippen molar-refractivity contribution in [1.82, 2.24) is 10.3 Å². The van der Waals surface area contributed by atoms with Crippen molar-refractivity contribution in [3.05, 3.63) is 58.6 Å². The van der Waals surface area contributed by atoms with Gasteiger partial charge >= 0.3 is 0 Å². The predicted molar refractivity (Wildman–Crippen MR) is 100 cm³/mol. The Morgan fingerprint density at radius 2 is 2.16 bits per heavy atom. The highest BCUT2D eigenvalue weighted by atomic mass is 32.1. The van der Waals surface area contributed by atoms with Gasteiger partial charge in [-0.15, -0.1) is 11.3 Å². The van der Waals surface area contributed by atoms with Gasteiger partial charge in [0.15, 0.2) is 0 Å². The maximum absolute atomic E-state index is 12.1. The van der Waals surface area contributed by atoms with Crippen LogP contribution in [0.4, 0.5) is 0 Å². The fraction of sp³-hybridized carbons (Fsp3) is 0.300. The van der Waals surface area contributed by atoms with Gasteiger partial charge < -0.3 is 10.1 Å². The van der Waals surface area contributed by atoms with Crippen LogP contribution >= 0.6 is 11.3 Å². The number of aromatic nitrogens is 1. The molecule has 5 heteroatoms. The first-order valence-electron chi connectivity index (χ1n) is 8.64. The Kier molecular flexibility index (Phi) is 4.65. The molecule has 0 saturated carbocycles. The molecule has 1 N–H and O–H groups in total. The van der Waals surface area contributed by atoms with Crippen molar-refractivity contribution in [1.29, 1.82) is 0 Å². The second-order valence-electron chi connectivity index (χ2n) is 6.25. The molecule has 2 aromatic carbocycles. The van der Waals surface area contributed by atoms with E-state index in [-0.39, 0.29) is 5.91 Å². The number of rotatable bonds is 6. The molecule has 0 aliphatic carbocycles. The Morgan fingerprint density at radius 1 is 1.24 bits per heavy atom. The molecule has 0 saturated heterocycles. The zero-order valence-electron chi connectivity index (χ0n) is 14.0. The van der Waals surface area contributed by atoms with Gasteiger partial charge in [-0.05, 0) is 35.7 Å². The third-order valence-electron chi connectivity index (χ3n) is 4.35. The van der Waals surface area contributed by atoms with Gasteiger partial charge in [0.25, 0.3) is 0 Å². The molecule has 1 aliphatic rings. The van der Waals surface area contributed by atoms with Crippen LogP contribution in [0.1, 0.15) is 22.6 Å². The predicted octanol–water partition coefficient (Wildman–Crippen LogP) is 3.52. The molecule has 128 valence electrons. The largest absolute Gasteiger partial charge is 0.493 e. The normalized spacial score (nSPS) is 12.8. The van der Waals surface area contributed by atoms with Gasteiger partial charge in [-0.3, -0.25) is 4.79 Å². The number of hydrogen-bond donors (Lipinski definition) is 1. The van der Waals surface area contributed by atoms with Crippen LogP contribution in [-0.4, -0.2) is 24.0 Å². The van der Waals surface area contributed by atoms with Crippen LogP contribution in [0.5, 0.6) is 5.75 Å². The number of carbonyl (C=O) groups excluding carboxylic acids is 1. The quantitative estimate of drug-likeness (QED) is 0.691. The lowest BCUT2D eigenvalue weighted by Gasteiger charge is -2.06. The number of nitrogens with one attached hydrogen (secondary N) is 1. The fourth-order valence-electron chi connectivity index (χ4n) is 3.09. The molecule has 1 aromatic heterocycles. The Balaban J connectivity index is 1.23. The van der Waals surface area contributed by atoms with E-state index in [0.29, 0.717) is 13.0 Å². The van der Waals surface area contributed by atoms with Gasteiger partial charge in [-0.1, -0.05) is 24.3 Å². The summed E-state index contributed by atoms with van der Waals surface area (Å²) in [5.41, 5.74) is 3.32. The molecule has 3 aromatic rings. The summed E-state index contributed by atoms with van der Waals surface area (Å²) in [6, 6.07) is 14.2. The first-order chi connectivity index (χ1) is 12.3. The number of hydrogen-bond acceptors (Lipinski definition) is 4. The summed E-state index contributed by atoms with van der Waals surface area (Å²) in [7, 11) is 0. The average Bonchev–Trinajstić information content (AvgIpc) is 3.24. The smallest absolute Gasteiger partial charge is 0.224 e. The highest BCUT2D eigenvalue weighted by Gasteiger charge is 2.13. The standard InChI is InChI=1S/C20H20N2O2S/c23-19(13-14-7-8-17-15(12-14)9-11-24-17)21-10-3-6-20-22-16-4-1-2-5-18(16)25-20/h1-2,4-5,7-8,12H,3,6,9-11,13H2,(H,21,23). The van der Waals surface area contributed by atoms with E-state index < -0.39 is 0 Å². The molecule has 0 bridgehead atoms. The van der Waals surface area contributed by atoms with Crippen LogP contribution in [0.2, 0.25) is 0 Å². The van der Waals surface area contributed by atoms with Crippen LogP contribution in [0.15, 0.2) is 42.5 Å². The number of carbonyl (C=O) groups is 1. The lowest BCUT2D eigenvalue weighted by molar-refractivity contribution is -0.120. The molecule has 0 spiro atoms. The first kappa shape index (κ1) is 16.1. The molecule has 0 fully saturated rings. The minimum atomic E-state index is 0.0724. The van der Waals surface area contributed by atoms with Crippen LogP contribution < -0.4 is 10.1 Å². The SMILES string of the molecule is O=C(Cc1ccc2c(c1)CCO2)NCCCc1nc2ccccc2s1. The molecule has 4 nitrogen and oxygen atoms in total. The zero-order valence-corrected chi connectivity index (χ0v) is 14.8. The zero-order chi connectivity index (χ0) is 17.1. The summed E-state index contributed by atoms with van der Waals surface area (Å²) in [4.78, 5) is 16.7. The maximum atomic E-state index is 12.1. The molecule has 2 heterocycles. The topological polar surface area (TPSA) is 51.2 Å². The van der Waals surface area contributed by atoms with Crippen LogP contribution in [0, 0.1) is 0 Å². The van der Waals surface area contributed by atoms with Crippen molar-refractivity contribution < 1.29 is 9.53 Å². The Bertz CT molecular complexity index is 871. The van der Waals surface area contributed by atoms with Gasteiger partial charge in [-0.25, -0.2) is 4.98 Å². The first-order valence-corrected chi connectivity index (χ1v) is 9.45. The van der Waals surface area contributed by atoms with E-state index >= 15 is 0 Å². The minimum absolute atomic E-state index is 0.0724. The molecule has 1 aliphatic heterocycles. The summed E-state index contributed by atoms with van der Waals surface area (Å²) in [5.74, 6) is 1.03. The van der Waals surface area contributed by atoms with Crippen molar-refractivity contribution in [3.8, 4) is 5.75 Å². The van der Waals surface area contributed by atoms with Crippen molar-refractivity contribution >= 4 is 27.5 Å². The van der Waals surface area contributed by atoms with Crippen LogP contribution in [0.25, 0.3) is 10.2 Å². The molecular weight excluding hydrogens is 332 g/mol. The number of nitrogens with zero attached hydrogens (tertiary/aromatic N) is 1. The molecule has 0 unspecified atom stereocenters. The summed E-state index contributed by atoms with van der Waals surface area (Å²) in [6.45, 7) is 1.43. The van der Waals surface area contributed by atoms with E-state index in [0.717, 1.165) is 47.7 Å². The van der Waals surface area contributed by atoms with Crippen molar-refractivity contribution in [2.75, 3.05) is 13.2 Å². The third kappa shape index (κ3) is 3.82. The second kappa shape index (κ2) is 7.23. The van der Waals surface area contributed by atoms with Crippen LogP contribution in [-0.2, 0) is 24.1 Å². The highest BCUT2D eigenvalue weighted by molar-refractivity contribution is 7.18. The number of ether oxygens (including phenoxy) is 1. The Labute approximate surface area is 150 Å². The van der Waals surface area contributed by atoms with E-state index in [2.05, 4.69) is 22.4 Å². The number of fused-ring (bicyclic) bond motifs is 2. The number of thiazole rings is 1. The van der Waals surface area contributed by atoms with E-state index in [1.165, 1.54) is 10.3 Å². The van der Waals surface area contributed by atoms with Crippen molar-refractivity contribution in [2.45, 2.75) is 25.7 Å². The van der Waals surface area contributed by atoms with E-state index in [1.54, 1.807) is 11.3 Å². The maximum Gasteiger partial charge on any atom is 0.224 e. The lowest BCUT2D eigenvalue weighted by Crippen LogP contribution is -2.26. The van der Waals surface area contributed by atoms with E-state index in [9.17, 15) is 4.79 Å². The van der Waals surface area contributed by atoms with Gasteiger partial charge in [-0.2, -0.15) is 0 Å². The number of aryl methyl sites for hydroxylation is 1. The Hall–Kier alpha value is -2.40. The van der Waals surface area contributed by atoms with Crippen molar-refractivity contribution in [2.24, 2.45) is 0 Å². The molecule has 4 rings (SSSR count). The van der Waals surface area contributed by atoms with E-state index in [1.807, 2.05) is 30.3 Å². The fourth-order valence-corrected chi connectivity index (χ4v) is 4.10. The summed E-state index contributed by atoms with van der Waals surface area (Å²) < 4.78 is 6.72. The lowest BCUT2D eigenvalue weighted by atomic mass is 10.1. The third-order valence-corrected chi connectivity index (χ3v) is 5.44. The van der Waals surface area contributed by atoms with E-state index in [4.69, 9.17) is 4.74 Å². The summed E-state index contributed by atoms with van der Waals surface area (Å²) in [6.07, 6.45) is 3.17. The monoisotopic (exact) mass is 352 g/mol. The van der Waals surface area contributed by atoms with Gasteiger partial charge in [0, 0.05) is 19.4 Å². The Morgan fingerprint density at radius 3 is 3.08 bits per heavy atom. The molecule has 1 amide bonds. The minimum Gasteiger partial charge on any atom is -0.493 e. The average molecular weight is 352 g/mol. The summed E-state index contributed by atoms with van der Waals surface area (Å²) >= 11 is 1.73. The van der Waals surface area contributed by atoms with Gasteiger partial charge in [0.2, 0.25) is 5.91 Å². The number of para-hydroxylation sites is 1. The molecule has 0 radical (unpaired) electrons. The molecular formula is C20H20N2O2S. The van der Waals surface area contributed by atoms with Gasteiger partial charge in [0.1, 0.15) is 5.75 Å². The molecule has 25 heavy (non-hydrogen) atoms. The number of benzene rings is 2. The highest BCUT2D eigenvalue weighted by Crippen LogP contribution is 2.26. The van der Waals surface area contributed by atoms with Crippen LogP contribution in [0.3, 0.4) is 0 Å². The summed E-state index contributed by atoms with van der Waals surface area (Å²) in [5, 5.41) is 4.14. The number of amides is 1. The van der Waals surface area contributed by atoms with Gasteiger partial charge in [0.05, 0.1) is 28.3 Å². The van der Waals surface area contributed by atoms with Crippen molar-refractivity contribution in [3.63, 3.8) is 0 Å². The molecule has 0 atom stereocenters.